The second kappa shape index (κ2) is 11.2. The molecule has 2 N–H and O–H groups in total. The van der Waals surface area contributed by atoms with Gasteiger partial charge in [-0.2, -0.15) is 4.98 Å². The number of nitrogens with one attached hydrogen (secondary N) is 2. The lowest BCUT2D eigenvalue weighted by molar-refractivity contribution is 0.0912. The number of likely N-dealkylation sites (tertiary alicyclic amines) is 1. The van der Waals surface area contributed by atoms with Gasteiger partial charge in [0.2, 0.25) is 5.95 Å². The van der Waals surface area contributed by atoms with Gasteiger partial charge < -0.3 is 20.3 Å². The van der Waals surface area contributed by atoms with Crippen LogP contribution in [0.2, 0.25) is 0 Å². The van der Waals surface area contributed by atoms with Crippen LogP contribution in [-0.2, 0) is 0 Å². The molecule has 11 nitrogen and oxygen atoms in total. The highest BCUT2D eigenvalue weighted by Crippen LogP contribution is 2.39. The van der Waals surface area contributed by atoms with Gasteiger partial charge in [0.15, 0.2) is 5.82 Å². The van der Waals surface area contributed by atoms with Crippen molar-refractivity contribution in [1.29, 1.82) is 0 Å². The van der Waals surface area contributed by atoms with Crippen LogP contribution in [-0.4, -0.2) is 84.7 Å². The predicted octanol–water partition coefficient (Wildman–Crippen LogP) is 3.75. The number of benzene rings is 1. The van der Waals surface area contributed by atoms with Crippen LogP contribution in [0.5, 0.6) is 5.75 Å². The van der Waals surface area contributed by atoms with Gasteiger partial charge in [-0.25, -0.2) is 19.2 Å². The summed E-state index contributed by atoms with van der Waals surface area (Å²) >= 11 is 0. The molecule has 1 saturated carbocycles. The molecule has 3 amide bonds. The Kier molecular flexibility index (Phi) is 7.74. The minimum absolute atomic E-state index is 0.0105. The first kappa shape index (κ1) is 26.9. The topological polar surface area (TPSA) is 106 Å². The summed E-state index contributed by atoms with van der Waals surface area (Å²) in [5.41, 5.74) is 0.834. The molecule has 12 heteroatoms. The Bertz CT molecular complexity index is 1230. The third-order valence-corrected chi connectivity index (χ3v) is 7.90. The third kappa shape index (κ3) is 5.29. The van der Waals surface area contributed by atoms with Gasteiger partial charge in [-0.05, 0) is 58.8 Å². The van der Waals surface area contributed by atoms with E-state index in [0.717, 1.165) is 51.6 Å². The van der Waals surface area contributed by atoms with E-state index in [1.54, 1.807) is 23.2 Å². The van der Waals surface area contributed by atoms with E-state index in [1.165, 1.54) is 19.2 Å². The Morgan fingerprint density at radius 1 is 1.15 bits per heavy atom. The van der Waals surface area contributed by atoms with E-state index < -0.39 is 11.7 Å². The summed E-state index contributed by atoms with van der Waals surface area (Å²) < 4.78 is 20.7. The zero-order valence-electron chi connectivity index (χ0n) is 23.0. The molecule has 3 heterocycles. The molecule has 1 aliphatic carbocycles. The second-order valence-electron chi connectivity index (χ2n) is 10.5. The van der Waals surface area contributed by atoms with Crippen molar-refractivity contribution in [3.8, 4) is 5.75 Å². The number of anilines is 4. The van der Waals surface area contributed by atoms with Gasteiger partial charge in [0.1, 0.15) is 17.3 Å². The summed E-state index contributed by atoms with van der Waals surface area (Å²) in [6, 6.07) is 2.68. The van der Waals surface area contributed by atoms with E-state index in [9.17, 15) is 9.59 Å². The molecule has 0 radical (unpaired) electrons. The normalized spacial score (nSPS) is 18.9. The van der Waals surface area contributed by atoms with E-state index in [4.69, 9.17) is 9.72 Å². The van der Waals surface area contributed by atoms with E-state index in [-0.39, 0.29) is 29.6 Å². The maximum absolute atomic E-state index is 15.2. The van der Waals surface area contributed by atoms with Crippen LogP contribution >= 0.6 is 0 Å². The summed E-state index contributed by atoms with van der Waals surface area (Å²) in [7, 11) is 5.22. The summed E-state index contributed by atoms with van der Waals surface area (Å²) in [4.78, 5) is 38.9. The summed E-state index contributed by atoms with van der Waals surface area (Å²) in [5, 5.41) is 9.72. The Hall–Kier alpha value is -3.67. The summed E-state index contributed by atoms with van der Waals surface area (Å²) in [6.45, 7) is 4.22. The van der Waals surface area contributed by atoms with Crippen LogP contribution in [0.1, 0.15) is 55.8 Å². The minimum atomic E-state index is -0.670. The van der Waals surface area contributed by atoms with Crippen LogP contribution in [0, 0.1) is 5.82 Å². The number of amides is 3. The molecule has 3 aliphatic rings. The Balaban J connectivity index is 1.41. The third-order valence-electron chi connectivity index (χ3n) is 7.90. The smallest absolute Gasteiger partial charge is 0.343 e. The van der Waals surface area contributed by atoms with Crippen LogP contribution in [0.15, 0.2) is 18.3 Å². The van der Waals surface area contributed by atoms with Gasteiger partial charge in [-0.1, -0.05) is 12.8 Å². The zero-order chi connectivity index (χ0) is 27.7. The van der Waals surface area contributed by atoms with Crippen molar-refractivity contribution in [3.63, 3.8) is 0 Å². The van der Waals surface area contributed by atoms with Gasteiger partial charge in [0.25, 0.3) is 5.91 Å². The number of methoxy groups -OCH3 is 1. The Morgan fingerprint density at radius 3 is 2.54 bits per heavy atom. The number of carbonyl (C=O) groups is 2. The molecule has 2 aliphatic heterocycles. The minimum Gasteiger partial charge on any atom is -0.495 e. The number of piperidine rings is 1. The Morgan fingerprint density at radius 2 is 1.87 bits per heavy atom. The highest BCUT2D eigenvalue weighted by molar-refractivity contribution is 5.99. The number of hydrogen-bond acceptors (Lipinski definition) is 8. The first-order chi connectivity index (χ1) is 18.8. The summed E-state index contributed by atoms with van der Waals surface area (Å²) in [6.07, 6.45) is 7.39. The van der Waals surface area contributed by atoms with E-state index in [2.05, 4.69) is 20.5 Å². The predicted molar refractivity (Wildman–Crippen MR) is 147 cm³/mol. The molecular formula is C27H37FN8O3. The molecule has 1 aromatic heterocycles. The molecule has 2 fully saturated rings. The fraction of sp³-hybridized carbons (Fsp3) is 0.556. The van der Waals surface area contributed by atoms with Crippen molar-refractivity contribution in [2.24, 2.45) is 0 Å². The van der Waals surface area contributed by atoms with Crippen LogP contribution < -0.4 is 25.3 Å². The molecule has 2 aromatic rings. The SMILES string of the molecule is CCN1C(=O)N(C)c2cnc(Nc3cc(F)c(C(=O)NC4CCN(C)CC4)cc3OC)nc2N1C1CCCC1. The Labute approximate surface area is 228 Å². The number of hydrogen-bond donors (Lipinski definition) is 2. The van der Waals surface area contributed by atoms with Crippen molar-refractivity contribution in [2.75, 3.05) is 56.1 Å². The van der Waals surface area contributed by atoms with Crippen molar-refractivity contribution in [1.82, 2.24) is 25.2 Å². The molecule has 1 saturated heterocycles. The molecule has 210 valence electrons. The maximum atomic E-state index is 15.2. The van der Waals surface area contributed by atoms with Gasteiger partial charge >= 0.3 is 6.03 Å². The largest absolute Gasteiger partial charge is 0.495 e. The van der Waals surface area contributed by atoms with Crippen molar-refractivity contribution in [2.45, 2.75) is 57.5 Å². The van der Waals surface area contributed by atoms with Crippen LogP contribution in [0.4, 0.5) is 32.3 Å². The molecule has 0 unspecified atom stereocenters. The molecule has 0 bridgehead atoms. The fourth-order valence-electron chi connectivity index (χ4n) is 5.65. The lowest BCUT2D eigenvalue weighted by atomic mass is 10.0. The molecule has 0 atom stereocenters. The lowest BCUT2D eigenvalue weighted by Gasteiger charge is -2.45. The molecule has 0 spiro atoms. The number of aromatic nitrogens is 2. The molecule has 5 rings (SSSR count). The van der Waals surface area contributed by atoms with Crippen molar-refractivity contribution < 1.29 is 18.7 Å². The first-order valence-electron chi connectivity index (χ1n) is 13.7. The van der Waals surface area contributed by atoms with Crippen LogP contribution in [0.3, 0.4) is 0 Å². The van der Waals surface area contributed by atoms with Crippen molar-refractivity contribution in [3.05, 3.63) is 29.7 Å². The average molecular weight is 541 g/mol. The average Bonchev–Trinajstić information content (AvgIpc) is 3.46. The summed E-state index contributed by atoms with van der Waals surface area (Å²) in [5.74, 6) is 0.0170. The van der Waals surface area contributed by atoms with Crippen LogP contribution in [0.25, 0.3) is 0 Å². The highest BCUT2D eigenvalue weighted by Gasteiger charge is 2.39. The lowest BCUT2D eigenvalue weighted by Crippen LogP contribution is -2.59. The standard InChI is InChI=1S/C27H37FN8O3/c1-5-35-27(38)34(3)22-16-29-26(32-24(22)36(35)18-8-6-7-9-18)31-21-15-20(28)19(14-23(21)39-4)25(37)30-17-10-12-33(2)13-11-17/h14-18H,5-13H2,1-4H3,(H,30,37)(H,29,31,32). The van der Waals surface area contributed by atoms with Gasteiger partial charge in [0.05, 0.1) is 30.6 Å². The second-order valence-corrected chi connectivity index (χ2v) is 10.5. The maximum Gasteiger partial charge on any atom is 0.343 e. The number of halogens is 1. The number of hydrazine groups is 1. The van der Waals surface area contributed by atoms with E-state index in [1.807, 2.05) is 19.0 Å². The quantitative estimate of drug-likeness (QED) is 0.547. The number of nitrogens with zero attached hydrogens (tertiary/aromatic N) is 6. The van der Waals surface area contributed by atoms with Gasteiger partial charge in [-0.3, -0.25) is 14.7 Å². The molecular weight excluding hydrogens is 503 g/mol. The first-order valence-corrected chi connectivity index (χ1v) is 13.7. The van der Waals surface area contributed by atoms with E-state index >= 15 is 4.39 Å². The number of fused-ring (bicyclic) bond motifs is 1. The monoisotopic (exact) mass is 540 g/mol. The number of ether oxygens (including phenoxy) is 1. The fourth-order valence-corrected chi connectivity index (χ4v) is 5.65. The van der Waals surface area contributed by atoms with Gasteiger partial charge in [0, 0.05) is 25.7 Å². The molecule has 39 heavy (non-hydrogen) atoms. The number of carbonyl (C=O) groups excluding carboxylic acids is 2. The number of rotatable bonds is 7. The van der Waals surface area contributed by atoms with E-state index in [0.29, 0.717) is 29.5 Å². The van der Waals surface area contributed by atoms with Gasteiger partial charge in [-0.15, -0.1) is 0 Å². The number of urea groups is 1. The zero-order valence-corrected chi connectivity index (χ0v) is 23.0. The highest BCUT2D eigenvalue weighted by atomic mass is 19.1. The van der Waals surface area contributed by atoms with Crippen molar-refractivity contribution >= 4 is 35.1 Å². The molecule has 1 aromatic carbocycles.